The molecule has 14 heavy (non-hydrogen) atoms. The van der Waals surface area contributed by atoms with Crippen LogP contribution in [0.2, 0.25) is 0 Å². The van der Waals surface area contributed by atoms with Gasteiger partial charge in [0, 0.05) is 31.8 Å². The molecule has 3 N–H and O–H groups in total. The van der Waals surface area contributed by atoms with E-state index in [9.17, 15) is 5.11 Å². The predicted octanol–water partition coefficient (Wildman–Crippen LogP) is 0.672. The van der Waals surface area contributed by atoms with Gasteiger partial charge in [-0.3, -0.25) is 4.90 Å². The maximum Gasteiger partial charge on any atom is 0.0471 e. The third kappa shape index (κ3) is 2.94. The van der Waals surface area contributed by atoms with Crippen molar-refractivity contribution in [1.29, 1.82) is 0 Å². The van der Waals surface area contributed by atoms with Crippen molar-refractivity contribution in [2.45, 2.75) is 39.3 Å². The summed E-state index contributed by atoms with van der Waals surface area (Å²) < 4.78 is 0. The minimum Gasteiger partial charge on any atom is -0.396 e. The summed E-state index contributed by atoms with van der Waals surface area (Å²) in [5, 5.41) is 9.19. The summed E-state index contributed by atoms with van der Waals surface area (Å²) in [7, 11) is 0. The fourth-order valence-corrected chi connectivity index (χ4v) is 2.32. The molecular weight excluding hydrogens is 176 g/mol. The number of hydrogen-bond acceptors (Lipinski definition) is 3. The number of piperidine rings is 1. The number of aliphatic hydroxyl groups excluding tert-OH is 1. The van der Waals surface area contributed by atoms with Gasteiger partial charge in [-0.05, 0) is 32.1 Å². The molecule has 0 aromatic carbocycles. The van der Waals surface area contributed by atoms with Crippen LogP contribution in [0.3, 0.4) is 0 Å². The molecule has 0 saturated carbocycles. The van der Waals surface area contributed by atoms with E-state index >= 15 is 0 Å². The minimum absolute atomic E-state index is 0.208. The van der Waals surface area contributed by atoms with Crippen molar-refractivity contribution in [1.82, 2.24) is 4.90 Å². The highest BCUT2D eigenvalue weighted by Gasteiger charge is 2.28. The molecule has 1 fully saturated rings. The van der Waals surface area contributed by atoms with E-state index in [2.05, 4.69) is 25.7 Å². The van der Waals surface area contributed by atoms with E-state index in [0.29, 0.717) is 24.5 Å². The molecule has 1 aliphatic rings. The number of nitrogens with two attached hydrogens (primary N) is 1. The van der Waals surface area contributed by atoms with Gasteiger partial charge in [0.1, 0.15) is 0 Å². The topological polar surface area (TPSA) is 49.5 Å². The lowest BCUT2D eigenvalue weighted by atomic mass is 9.89. The van der Waals surface area contributed by atoms with Crippen LogP contribution in [0.25, 0.3) is 0 Å². The Kier molecular flexibility index (Phi) is 4.35. The van der Waals surface area contributed by atoms with Gasteiger partial charge >= 0.3 is 0 Å². The van der Waals surface area contributed by atoms with E-state index < -0.39 is 0 Å². The van der Waals surface area contributed by atoms with E-state index in [1.54, 1.807) is 0 Å². The first kappa shape index (κ1) is 12.0. The van der Waals surface area contributed by atoms with Crippen LogP contribution in [-0.2, 0) is 0 Å². The molecule has 4 atom stereocenters. The summed E-state index contributed by atoms with van der Waals surface area (Å²) >= 11 is 0. The molecule has 1 aliphatic heterocycles. The molecule has 4 unspecified atom stereocenters. The lowest BCUT2D eigenvalue weighted by molar-refractivity contribution is 0.0590. The summed E-state index contributed by atoms with van der Waals surface area (Å²) in [6.07, 6.45) is 1.15. The molecule has 0 bridgehead atoms. The Hall–Kier alpha value is -0.120. The molecule has 0 aromatic rings. The zero-order valence-electron chi connectivity index (χ0n) is 9.61. The van der Waals surface area contributed by atoms with E-state index in [1.165, 1.54) is 0 Å². The van der Waals surface area contributed by atoms with Crippen LogP contribution in [0.4, 0.5) is 0 Å². The monoisotopic (exact) mass is 200 g/mol. The molecular formula is C11H24N2O. The maximum absolute atomic E-state index is 9.19. The summed E-state index contributed by atoms with van der Waals surface area (Å²) in [4.78, 5) is 2.42. The third-order valence-electron chi connectivity index (χ3n) is 3.37. The Morgan fingerprint density at radius 1 is 1.43 bits per heavy atom. The number of hydrogen-bond donors (Lipinski definition) is 2. The molecule has 1 rings (SSSR count). The third-order valence-corrected chi connectivity index (χ3v) is 3.37. The van der Waals surface area contributed by atoms with Gasteiger partial charge in [-0.25, -0.2) is 0 Å². The second kappa shape index (κ2) is 5.10. The van der Waals surface area contributed by atoms with Crippen LogP contribution >= 0.6 is 0 Å². The van der Waals surface area contributed by atoms with Crippen molar-refractivity contribution < 1.29 is 5.11 Å². The molecule has 0 aromatic heterocycles. The summed E-state index contributed by atoms with van der Waals surface area (Å²) in [5.74, 6) is 1.13. The van der Waals surface area contributed by atoms with E-state index in [0.717, 1.165) is 19.5 Å². The average molecular weight is 200 g/mol. The first-order valence-electron chi connectivity index (χ1n) is 5.65. The van der Waals surface area contributed by atoms with E-state index in [-0.39, 0.29) is 6.04 Å². The number of rotatable bonds is 3. The van der Waals surface area contributed by atoms with Gasteiger partial charge in [0.2, 0.25) is 0 Å². The molecule has 3 nitrogen and oxygen atoms in total. The smallest absolute Gasteiger partial charge is 0.0471 e. The van der Waals surface area contributed by atoms with Gasteiger partial charge in [-0.1, -0.05) is 6.92 Å². The van der Waals surface area contributed by atoms with Gasteiger partial charge in [0.25, 0.3) is 0 Å². The lowest BCUT2D eigenvalue weighted by Crippen LogP contribution is -2.51. The van der Waals surface area contributed by atoms with E-state index in [4.69, 9.17) is 5.73 Å². The minimum atomic E-state index is 0.208. The van der Waals surface area contributed by atoms with Crippen LogP contribution in [-0.4, -0.2) is 41.8 Å². The predicted molar refractivity (Wildman–Crippen MR) is 59.0 cm³/mol. The Labute approximate surface area is 87.3 Å². The zero-order chi connectivity index (χ0) is 10.7. The summed E-state index contributed by atoms with van der Waals surface area (Å²) in [6, 6.07) is 0.631. The summed E-state index contributed by atoms with van der Waals surface area (Å²) in [5.41, 5.74) is 5.89. The molecule has 0 aliphatic carbocycles. The number of likely N-dealkylation sites (tertiary alicyclic amines) is 1. The highest BCUT2D eigenvalue weighted by atomic mass is 16.3. The highest BCUT2D eigenvalue weighted by Crippen LogP contribution is 2.23. The number of aliphatic hydroxyl groups is 1. The molecule has 1 saturated heterocycles. The molecule has 84 valence electrons. The standard InChI is InChI=1S/C11H24N2O/c1-8-4-11(7-14)6-13(5-8)10(3)9(2)12/h8-11,14H,4-7,12H2,1-3H3. The fraction of sp³-hybridized carbons (Fsp3) is 1.00. The fourth-order valence-electron chi connectivity index (χ4n) is 2.32. The number of nitrogens with zero attached hydrogens (tertiary/aromatic N) is 1. The van der Waals surface area contributed by atoms with Crippen LogP contribution in [0.15, 0.2) is 0 Å². The molecule has 3 heteroatoms. The Morgan fingerprint density at radius 3 is 2.57 bits per heavy atom. The maximum atomic E-state index is 9.19. The van der Waals surface area contributed by atoms with Crippen LogP contribution in [0.1, 0.15) is 27.2 Å². The second-order valence-electron chi connectivity index (χ2n) is 4.94. The first-order chi connectivity index (χ1) is 6.54. The molecule has 1 heterocycles. The average Bonchev–Trinajstić information content (AvgIpc) is 2.15. The van der Waals surface area contributed by atoms with Crippen molar-refractivity contribution >= 4 is 0 Å². The van der Waals surface area contributed by atoms with Crippen LogP contribution in [0.5, 0.6) is 0 Å². The molecule has 0 amide bonds. The molecule has 0 radical (unpaired) electrons. The Bertz CT molecular complexity index is 173. The van der Waals surface area contributed by atoms with Gasteiger partial charge in [0.15, 0.2) is 0 Å². The van der Waals surface area contributed by atoms with Crippen molar-refractivity contribution in [3.8, 4) is 0 Å². The Balaban J connectivity index is 2.52. The second-order valence-corrected chi connectivity index (χ2v) is 4.94. The van der Waals surface area contributed by atoms with Crippen molar-refractivity contribution in [3.05, 3.63) is 0 Å². The molecule has 0 spiro atoms. The van der Waals surface area contributed by atoms with Crippen molar-refractivity contribution in [2.75, 3.05) is 19.7 Å². The van der Waals surface area contributed by atoms with Crippen LogP contribution < -0.4 is 5.73 Å². The van der Waals surface area contributed by atoms with Gasteiger partial charge in [0.05, 0.1) is 0 Å². The van der Waals surface area contributed by atoms with Gasteiger partial charge in [-0.2, -0.15) is 0 Å². The SMILES string of the molecule is CC1CC(CO)CN(C(C)C(C)N)C1. The van der Waals surface area contributed by atoms with Crippen LogP contribution in [0, 0.1) is 11.8 Å². The first-order valence-corrected chi connectivity index (χ1v) is 5.65. The largest absolute Gasteiger partial charge is 0.396 e. The van der Waals surface area contributed by atoms with Crippen molar-refractivity contribution in [3.63, 3.8) is 0 Å². The van der Waals surface area contributed by atoms with Gasteiger partial charge in [-0.15, -0.1) is 0 Å². The Morgan fingerprint density at radius 2 is 2.07 bits per heavy atom. The summed E-state index contributed by atoms with van der Waals surface area (Å²) in [6.45, 7) is 8.92. The highest BCUT2D eigenvalue weighted by molar-refractivity contribution is 4.83. The quantitative estimate of drug-likeness (QED) is 0.704. The zero-order valence-corrected chi connectivity index (χ0v) is 9.61. The van der Waals surface area contributed by atoms with Crippen molar-refractivity contribution in [2.24, 2.45) is 17.6 Å². The van der Waals surface area contributed by atoms with E-state index in [1.807, 2.05) is 0 Å². The normalized spacial score (nSPS) is 34.1. The lowest BCUT2D eigenvalue weighted by Gasteiger charge is -2.40. The van der Waals surface area contributed by atoms with Gasteiger partial charge < -0.3 is 10.8 Å².